The van der Waals surface area contributed by atoms with Crippen molar-refractivity contribution in [1.82, 2.24) is 10.2 Å². The van der Waals surface area contributed by atoms with Crippen molar-refractivity contribution in [3.8, 4) is 11.5 Å². The van der Waals surface area contributed by atoms with Gasteiger partial charge in [0.15, 0.2) is 11.5 Å². The van der Waals surface area contributed by atoms with Crippen molar-refractivity contribution in [3.63, 3.8) is 0 Å². The second kappa shape index (κ2) is 10.1. The minimum Gasteiger partial charge on any atom is -0.454 e. The SMILES string of the molecule is O=C(NC[C@@H](c1ccc2c(c1)OCO2)N1CCN(c2ccccc2)CC1)c1ccc(C(F)(F)F)cc1. The average Bonchev–Trinajstić information content (AvgIpc) is 3.37. The number of fused-ring (bicyclic) bond motifs is 1. The van der Waals surface area contributed by atoms with Crippen LogP contribution in [0, 0.1) is 0 Å². The van der Waals surface area contributed by atoms with E-state index < -0.39 is 17.6 Å². The van der Waals surface area contributed by atoms with Crippen molar-refractivity contribution >= 4 is 11.6 Å². The second-order valence-electron chi connectivity index (χ2n) is 8.77. The topological polar surface area (TPSA) is 54.0 Å². The number of carbonyl (C=O) groups excluding carboxylic acids is 1. The molecule has 188 valence electrons. The van der Waals surface area contributed by atoms with Gasteiger partial charge in [0.25, 0.3) is 5.91 Å². The summed E-state index contributed by atoms with van der Waals surface area (Å²) in [5.41, 5.74) is 1.54. The predicted octanol–water partition coefficient (Wildman–Crippen LogP) is 4.73. The maximum absolute atomic E-state index is 12.9. The molecular formula is C27H26F3N3O3. The van der Waals surface area contributed by atoms with Crippen molar-refractivity contribution in [2.45, 2.75) is 12.2 Å². The largest absolute Gasteiger partial charge is 0.454 e. The molecule has 0 aromatic heterocycles. The summed E-state index contributed by atoms with van der Waals surface area (Å²) in [7, 11) is 0. The van der Waals surface area contributed by atoms with Gasteiger partial charge in [-0.15, -0.1) is 0 Å². The van der Waals surface area contributed by atoms with Crippen molar-refractivity contribution in [1.29, 1.82) is 0 Å². The van der Waals surface area contributed by atoms with Crippen LogP contribution in [0.3, 0.4) is 0 Å². The Bertz CT molecular complexity index is 1190. The number of hydrogen-bond donors (Lipinski definition) is 1. The van der Waals surface area contributed by atoms with Gasteiger partial charge < -0.3 is 19.7 Å². The van der Waals surface area contributed by atoms with E-state index in [9.17, 15) is 18.0 Å². The highest BCUT2D eigenvalue weighted by atomic mass is 19.4. The number of nitrogens with zero attached hydrogens (tertiary/aromatic N) is 2. The molecule has 2 heterocycles. The lowest BCUT2D eigenvalue weighted by atomic mass is 10.0. The zero-order chi connectivity index (χ0) is 25.1. The van der Waals surface area contributed by atoms with Crippen molar-refractivity contribution < 1.29 is 27.4 Å². The quantitative estimate of drug-likeness (QED) is 0.534. The first-order chi connectivity index (χ1) is 17.4. The third-order valence-corrected chi connectivity index (χ3v) is 6.59. The first-order valence-electron chi connectivity index (χ1n) is 11.8. The third-order valence-electron chi connectivity index (χ3n) is 6.59. The lowest BCUT2D eigenvalue weighted by molar-refractivity contribution is -0.137. The first kappa shape index (κ1) is 24.0. The van der Waals surface area contributed by atoms with Crippen LogP contribution in [-0.2, 0) is 6.18 Å². The number of para-hydroxylation sites is 1. The molecule has 1 amide bonds. The van der Waals surface area contributed by atoms with E-state index in [-0.39, 0.29) is 18.4 Å². The van der Waals surface area contributed by atoms with Gasteiger partial charge in [0.05, 0.1) is 11.6 Å². The summed E-state index contributed by atoms with van der Waals surface area (Å²) >= 11 is 0. The van der Waals surface area contributed by atoms with Gasteiger partial charge in [-0.2, -0.15) is 13.2 Å². The number of hydrogen-bond acceptors (Lipinski definition) is 5. The summed E-state index contributed by atoms with van der Waals surface area (Å²) in [6.45, 7) is 3.69. The molecule has 1 fully saturated rings. The fraction of sp³-hybridized carbons (Fsp3) is 0.296. The Morgan fingerprint density at radius 3 is 2.28 bits per heavy atom. The molecule has 1 saturated heterocycles. The number of piperazine rings is 1. The monoisotopic (exact) mass is 497 g/mol. The van der Waals surface area contributed by atoms with Gasteiger partial charge in [-0.25, -0.2) is 0 Å². The molecule has 3 aromatic carbocycles. The molecule has 0 spiro atoms. The van der Waals surface area contributed by atoms with E-state index in [1.54, 1.807) is 0 Å². The van der Waals surface area contributed by atoms with Crippen LogP contribution in [0.1, 0.15) is 27.5 Å². The maximum Gasteiger partial charge on any atom is 0.416 e. The van der Waals surface area contributed by atoms with Crippen LogP contribution in [0.15, 0.2) is 72.8 Å². The number of halogens is 3. The number of anilines is 1. The molecule has 0 saturated carbocycles. The molecule has 9 heteroatoms. The van der Waals surface area contributed by atoms with Crippen LogP contribution >= 0.6 is 0 Å². The van der Waals surface area contributed by atoms with Gasteiger partial charge in [0, 0.05) is 44.0 Å². The smallest absolute Gasteiger partial charge is 0.416 e. The summed E-state index contributed by atoms with van der Waals surface area (Å²) < 4.78 is 49.6. The van der Waals surface area contributed by atoms with E-state index in [0.29, 0.717) is 18.0 Å². The van der Waals surface area contributed by atoms with Gasteiger partial charge in [0.2, 0.25) is 6.79 Å². The Balaban J connectivity index is 1.30. The average molecular weight is 498 g/mol. The zero-order valence-corrected chi connectivity index (χ0v) is 19.5. The van der Waals surface area contributed by atoms with E-state index in [0.717, 1.165) is 43.9 Å². The van der Waals surface area contributed by atoms with Crippen molar-refractivity contribution in [3.05, 3.63) is 89.5 Å². The fourth-order valence-corrected chi connectivity index (χ4v) is 4.61. The number of ether oxygens (including phenoxy) is 2. The number of benzene rings is 3. The fourth-order valence-electron chi connectivity index (χ4n) is 4.61. The van der Waals surface area contributed by atoms with E-state index in [1.165, 1.54) is 17.8 Å². The van der Waals surface area contributed by atoms with Crippen LogP contribution in [0.5, 0.6) is 11.5 Å². The van der Waals surface area contributed by atoms with Crippen LogP contribution in [-0.4, -0.2) is 50.3 Å². The molecule has 36 heavy (non-hydrogen) atoms. The minimum atomic E-state index is -4.44. The summed E-state index contributed by atoms with van der Waals surface area (Å²) in [5.74, 6) is 0.923. The molecule has 1 atom stereocenters. The Kier molecular flexibility index (Phi) is 6.73. The second-order valence-corrected chi connectivity index (χ2v) is 8.77. The molecule has 3 aromatic rings. The van der Waals surface area contributed by atoms with Gasteiger partial charge in [-0.1, -0.05) is 24.3 Å². The van der Waals surface area contributed by atoms with Gasteiger partial charge in [0.1, 0.15) is 0 Å². The van der Waals surface area contributed by atoms with Gasteiger partial charge in [-0.3, -0.25) is 9.69 Å². The Morgan fingerprint density at radius 2 is 1.58 bits per heavy atom. The molecule has 0 radical (unpaired) electrons. The highest BCUT2D eigenvalue weighted by Gasteiger charge is 2.31. The standard InChI is InChI=1S/C27H26F3N3O3/c28-27(29,30)21-9-6-19(7-10-21)26(34)31-17-23(20-8-11-24-25(16-20)36-18-35-24)33-14-12-32(13-15-33)22-4-2-1-3-5-22/h1-11,16,23H,12-15,17-18H2,(H,31,34)/t23-/m0/s1. The molecule has 5 rings (SSSR count). The number of carbonyl (C=O) groups is 1. The lowest BCUT2D eigenvalue weighted by Crippen LogP contribution is -2.50. The number of alkyl halides is 3. The number of amides is 1. The molecule has 0 unspecified atom stereocenters. The molecule has 2 aliphatic rings. The first-order valence-corrected chi connectivity index (χ1v) is 11.8. The molecule has 0 aliphatic carbocycles. The summed E-state index contributed by atoms with van der Waals surface area (Å²) in [5, 5.41) is 2.92. The molecule has 6 nitrogen and oxygen atoms in total. The van der Waals surface area contributed by atoms with Crippen LogP contribution in [0.4, 0.5) is 18.9 Å². The highest BCUT2D eigenvalue weighted by molar-refractivity contribution is 5.94. The summed E-state index contributed by atoms with van der Waals surface area (Å²) in [4.78, 5) is 17.4. The van der Waals surface area contributed by atoms with E-state index in [1.807, 2.05) is 36.4 Å². The van der Waals surface area contributed by atoms with Crippen LogP contribution in [0.25, 0.3) is 0 Å². The van der Waals surface area contributed by atoms with Crippen molar-refractivity contribution in [2.24, 2.45) is 0 Å². The molecule has 0 bridgehead atoms. The molecule has 1 N–H and O–H groups in total. The third kappa shape index (κ3) is 5.26. The van der Waals surface area contributed by atoms with Gasteiger partial charge >= 0.3 is 6.18 Å². The van der Waals surface area contributed by atoms with Crippen LogP contribution in [0.2, 0.25) is 0 Å². The Labute approximate surface area is 207 Å². The highest BCUT2D eigenvalue weighted by Crippen LogP contribution is 2.36. The van der Waals surface area contributed by atoms with Crippen LogP contribution < -0.4 is 19.7 Å². The predicted molar refractivity (Wildman–Crippen MR) is 129 cm³/mol. The van der Waals surface area contributed by atoms with Crippen molar-refractivity contribution in [2.75, 3.05) is 44.4 Å². The normalized spacial score (nSPS) is 16.6. The molecule has 2 aliphatic heterocycles. The van der Waals surface area contributed by atoms with E-state index in [2.05, 4.69) is 27.2 Å². The Morgan fingerprint density at radius 1 is 0.889 bits per heavy atom. The lowest BCUT2D eigenvalue weighted by Gasteiger charge is -2.40. The zero-order valence-electron chi connectivity index (χ0n) is 19.5. The summed E-state index contributed by atoms with van der Waals surface area (Å²) in [6, 6.07) is 20.1. The number of rotatable bonds is 6. The van der Waals surface area contributed by atoms with E-state index >= 15 is 0 Å². The maximum atomic E-state index is 12.9. The van der Waals surface area contributed by atoms with Gasteiger partial charge in [-0.05, 0) is 54.1 Å². The molecular weight excluding hydrogens is 471 g/mol. The Hall–Kier alpha value is -3.72. The number of nitrogens with one attached hydrogen (secondary N) is 1. The minimum absolute atomic E-state index is 0.143. The summed E-state index contributed by atoms with van der Waals surface area (Å²) in [6.07, 6.45) is -4.44. The van der Waals surface area contributed by atoms with E-state index in [4.69, 9.17) is 9.47 Å².